The number of methoxy groups -OCH3 is 1. The first-order chi connectivity index (χ1) is 13.2. The summed E-state index contributed by atoms with van der Waals surface area (Å²) in [5.41, 5.74) is 0.723. The summed E-state index contributed by atoms with van der Waals surface area (Å²) in [6.45, 7) is 7.54. The van der Waals surface area contributed by atoms with Gasteiger partial charge < -0.3 is 20.3 Å². The second-order valence-corrected chi connectivity index (χ2v) is 8.16. The molecule has 1 aromatic carbocycles. The first kappa shape index (κ1) is 21.9. The molecule has 1 heterocycles. The van der Waals surface area contributed by atoms with Crippen LogP contribution >= 0.6 is 0 Å². The summed E-state index contributed by atoms with van der Waals surface area (Å²) in [7, 11) is 1.59. The Bertz CT molecular complexity index is 695. The lowest BCUT2D eigenvalue weighted by molar-refractivity contribution is -0.126. The van der Waals surface area contributed by atoms with E-state index in [1.807, 2.05) is 20.8 Å². The highest BCUT2D eigenvalue weighted by atomic mass is 16.5. The first-order valence-electron chi connectivity index (χ1n) is 9.70. The molecule has 7 heteroatoms. The molecule has 2 N–H and O–H groups in total. The van der Waals surface area contributed by atoms with Gasteiger partial charge in [0.05, 0.1) is 12.5 Å². The third kappa shape index (κ3) is 6.05. The van der Waals surface area contributed by atoms with Crippen molar-refractivity contribution in [3.8, 4) is 0 Å². The van der Waals surface area contributed by atoms with Gasteiger partial charge in [-0.25, -0.2) is 0 Å². The Morgan fingerprint density at radius 1 is 1.18 bits per heavy atom. The van der Waals surface area contributed by atoms with Crippen molar-refractivity contribution in [3.63, 3.8) is 0 Å². The fourth-order valence-electron chi connectivity index (χ4n) is 2.99. The van der Waals surface area contributed by atoms with Crippen LogP contribution in [0.1, 0.15) is 44.0 Å². The lowest BCUT2D eigenvalue weighted by Gasteiger charge is -2.32. The largest absolute Gasteiger partial charge is 0.383 e. The van der Waals surface area contributed by atoms with Gasteiger partial charge in [-0.2, -0.15) is 0 Å². The molecule has 0 unspecified atom stereocenters. The molecule has 0 bridgehead atoms. The molecule has 0 saturated carbocycles. The van der Waals surface area contributed by atoms with Crippen molar-refractivity contribution in [1.29, 1.82) is 0 Å². The van der Waals surface area contributed by atoms with Crippen LogP contribution in [0, 0.1) is 11.3 Å². The fraction of sp³-hybridized carbons (Fsp3) is 0.571. The summed E-state index contributed by atoms with van der Waals surface area (Å²) in [6, 6.07) is 6.89. The van der Waals surface area contributed by atoms with Crippen LogP contribution in [0.5, 0.6) is 0 Å². The highest BCUT2D eigenvalue weighted by Gasteiger charge is 2.29. The number of carbonyl (C=O) groups is 3. The third-order valence-corrected chi connectivity index (χ3v) is 4.76. The minimum atomic E-state index is -0.485. The first-order valence-corrected chi connectivity index (χ1v) is 9.70. The summed E-state index contributed by atoms with van der Waals surface area (Å²) >= 11 is 0. The molecule has 1 saturated heterocycles. The van der Waals surface area contributed by atoms with Gasteiger partial charge in [0.15, 0.2) is 0 Å². The highest BCUT2D eigenvalue weighted by Crippen LogP contribution is 2.21. The Hall–Kier alpha value is -2.41. The molecule has 7 nitrogen and oxygen atoms in total. The Morgan fingerprint density at radius 2 is 1.86 bits per heavy atom. The summed E-state index contributed by atoms with van der Waals surface area (Å²) < 4.78 is 4.94. The second-order valence-electron chi connectivity index (χ2n) is 8.16. The van der Waals surface area contributed by atoms with Crippen LogP contribution in [-0.4, -0.2) is 56.0 Å². The van der Waals surface area contributed by atoms with Crippen molar-refractivity contribution in [1.82, 2.24) is 10.2 Å². The Balaban J connectivity index is 1.95. The van der Waals surface area contributed by atoms with Crippen LogP contribution in [0.4, 0.5) is 5.69 Å². The van der Waals surface area contributed by atoms with Crippen molar-refractivity contribution in [2.24, 2.45) is 11.3 Å². The number of amides is 3. The molecule has 1 aliphatic rings. The minimum Gasteiger partial charge on any atom is -0.383 e. The maximum Gasteiger partial charge on any atom is 0.253 e. The van der Waals surface area contributed by atoms with Crippen molar-refractivity contribution in [2.45, 2.75) is 33.6 Å². The van der Waals surface area contributed by atoms with Gasteiger partial charge in [-0.1, -0.05) is 20.8 Å². The average Bonchev–Trinajstić information content (AvgIpc) is 2.67. The Kier molecular flexibility index (Phi) is 7.57. The predicted octanol–water partition coefficient (Wildman–Crippen LogP) is 2.29. The average molecular weight is 389 g/mol. The van der Waals surface area contributed by atoms with E-state index in [4.69, 9.17) is 4.74 Å². The van der Waals surface area contributed by atoms with Gasteiger partial charge in [0.1, 0.15) is 0 Å². The van der Waals surface area contributed by atoms with Crippen LogP contribution in [0.25, 0.3) is 0 Å². The van der Waals surface area contributed by atoms with Gasteiger partial charge in [-0.3, -0.25) is 14.4 Å². The molecule has 3 amide bonds. The standard InChI is InChI=1S/C21H31N3O4/c1-21(2,3)20(27)23-17-9-7-15(8-10-17)19(26)24-12-5-6-16(14-24)18(25)22-11-13-28-4/h7-10,16H,5-6,11-14H2,1-4H3,(H,22,25)(H,23,27)/t16-/m0/s1. The molecule has 1 aliphatic heterocycles. The monoisotopic (exact) mass is 389 g/mol. The molecule has 154 valence electrons. The molecule has 1 atom stereocenters. The molecular weight excluding hydrogens is 358 g/mol. The maximum absolute atomic E-state index is 12.8. The predicted molar refractivity (Wildman–Crippen MR) is 108 cm³/mol. The quantitative estimate of drug-likeness (QED) is 0.731. The highest BCUT2D eigenvalue weighted by molar-refractivity contribution is 5.97. The van der Waals surface area contributed by atoms with E-state index in [1.54, 1.807) is 36.3 Å². The number of nitrogens with zero attached hydrogens (tertiary/aromatic N) is 1. The summed E-state index contributed by atoms with van der Waals surface area (Å²) in [6.07, 6.45) is 1.58. The van der Waals surface area contributed by atoms with E-state index in [9.17, 15) is 14.4 Å². The van der Waals surface area contributed by atoms with Crippen LogP contribution < -0.4 is 10.6 Å². The van der Waals surface area contributed by atoms with Crippen molar-refractivity contribution >= 4 is 23.4 Å². The number of anilines is 1. The van der Waals surface area contributed by atoms with Crippen LogP contribution in [-0.2, 0) is 14.3 Å². The molecule has 2 rings (SSSR count). The number of hydrogen-bond acceptors (Lipinski definition) is 4. The van der Waals surface area contributed by atoms with E-state index in [0.717, 1.165) is 12.8 Å². The van der Waals surface area contributed by atoms with Crippen molar-refractivity contribution in [2.75, 3.05) is 38.7 Å². The number of likely N-dealkylation sites (tertiary alicyclic amines) is 1. The van der Waals surface area contributed by atoms with Crippen molar-refractivity contribution in [3.05, 3.63) is 29.8 Å². The maximum atomic E-state index is 12.8. The zero-order chi connectivity index (χ0) is 20.7. The molecule has 0 spiro atoms. The number of carbonyl (C=O) groups excluding carboxylic acids is 3. The van der Waals surface area contributed by atoms with E-state index in [1.165, 1.54) is 0 Å². The molecule has 1 fully saturated rings. The summed E-state index contributed by atoms with van der Waals surface area (Å²) in [4.78, 5) is 38.9. The van der Waals surface area contributed by atoms with E-state index >= 15 is 0 Å². The lowest BCUT2D eigenvalue weighted by Crippen LogP contribution is -2.45. The number of benzene rings is 1. The Labute approximate surface area is 166 Å². The van der Waals surface area contributed by atoms with E-state index in [-0.39, 0.29) is 23.6 Å². The molecule has 0 radical (unpaired) electrons. The third-order valence-electron chi connectivity index (χ3n) is 4.76. The number of nitrogens with one attached hydrogen (secondary N) is 2. The van der Waals surface area contributed by atoms with Gasteiger partial charge in [0.2, 0.25) is 11.8 Å². The lowest BCUT2D eigenvalue weighted by atomic mass is 9.95. The molecule has 0 aliphatic carbocycles. The SMILES string of the molecule is COCCNC(=O)[C@H]1CCCN(C(=O)c2ccc(NC(=O)C(C)(C)C)cc2)C1. The topological polar surface area (TPSA) is 87.7 Å². The zero-order valence-corrected chi connectivity index (χ0v) is 17.2. The molecular formula is C21H31N3O4. The van der Waals surface area contributed by atoms with E-state index < -0.39 is 5.41 Å². The Morgan fingerprint density at radius 3 is 2.46 bits per heavy atom. The van der Waals surface area contributed by atoms with Gasteiger partial charge in [0, 0.05) is 43.4 Å². The zero-order valence-electron chi connectivity index (χ0n) is 17.2. The number of rotatable bonds is 6. The minimum absolute atomic E-state index is 0.0326. The second kappa shape index (κ2) is 9.68. The summed E-state index contributed by atoms with van der Waals surface area (Å²) in [5.74, 6) is -0.400. The summed E-state index contributed by atoms with van der Waals surface area (Å²) in [5, 5.41) is 5.70. The fourth-order valence-corrected chi connectivity index (χ4v) is 2.99. The van der Waals surface area contributed by atoms with E-state index in [0.29, 0.717) is 37.5 Å². The van der Waals surface area contributed by atoms with Gasteiger partial charge in [0.25, 0.3) is 5.91 Å². The molecule has 28 heavy (non-hydrogen) atoms. The molecule has 1 aromatic rings. The normalized spacial score (nSPS) is 17.1. The number of hydrogen-bond donors (Lipinski definition) is 2. The van der Waals surface area contributed by atoms with Gasteiger partial charge >= 0.3 is 0 Å². The molecule has 0 aromatic heterocycles. The number of ether oxygens (including phenoxy) is 1. The van der Waals surface area contributed by atoms with Crippen LogP contribution in [0.3, 0.4) is 0 Å². The van der Waals surface area contributed by atoms with Gasteiger partial charge in [-0.15, -0.1) is 0 Å². The smallest absolute Gasteiger partial charge is 0.253 e. The van der Waals surface area contributed by atoms with Crippen LogP contribution in [0.15, 0.2) is 24.3 Å². The van der Waals surface area contributed by atoms with E-state index in [2.05, 4.69) is 10.6 Å². The van der Waals surface area contributed by atoms with Gasteiger partial charge in [-0.05, 0) is 37.1 Å². The van der Waals surface area contributed by atoms with Crippen LogP contribution in [0.2, 0.25) is 0 Å². The van der Waals surface area contributed by atoms with Crippen molar-refractivity contribution < 1.29 is 19.1 Å². The number of piperidine rings is 1.